The molecule has 0 spiro atoms. The molecule has 3 aromatic rings. The zero-order valence-electron chi connectivity index (χ0n) is 18.5. The molecule has 0 aliphatic carbocycles. The highest BCUT2D eigenvalue weighted by Gasteiger charge is 2.21. The molecule has 2 amide bonds. The van der Waals surface area contributed by atoms with Gasteiger partial charge in [0.25, 0.3) is 0 Å². The lowest BCUT2D eigenvalue weighted by Crippen LogP contribution is -2.51. The second-order valence-electron chi connectivity index (χ2n) is 7.94. The maximum atomic E-state index is 12.5. The van der Waals surface area contributed by atoms with Crippen molar-refractivity contribution in [3.63, 3.8) is 0 Å². The monoisotopic (exact) mass is 450 g/mol. The Balaban J connectivity index is 1.18. The molecule has 1 aromatic heterocycles. The molecule has 0 saturated carbocycles. The molecule has 2 aromatic carbocycles. The minimum absolute atomic E-state index is 0.0498. The molecule has 0 radical (unpaired) electrons. The highest BCUT2D eigenvalue weighted by molar-refractivity contribution is 7.09. The van der Waals surface area contributed by atoms with Gasteiger partial charge in [0.15, 0.2) is 0 Å². The lowest BCUT2D eigenvalue weighted by Gasteiger charge is -2.34. The Morgan fingerprint density at radius 3 is 2.53 bits per heavy atom. The molecular weight excluding hydrogens is 420 g/mol. The Labute approximate surface area is 193 Å². The van der Waals surface area contributed by atoms with Crippen molar-refractivity contribution >= 4 is 17.4 Å². The van der Waals surface area contributed by atoms with Gasteiger partial charge in [-0.15, -0.1) is 11.3 Å². The van der Waals surface area contributed by atoms with Crippen LogP contribution in [0.1, 0.15) is 17.0 Å². The second kappa shape index (κ2) is 11.1. The molecule has 6 nitrogen and oxygen atoms in total. The van der Waals surface area contributed by atoms with Crippen LogP contribution in [0.4, 0.5) is 4.79 Å². The van der Waals surface area contributed by atoms with Crippen LogP contribution in [-0.4, -0.2) is 60.6 Å². The number of nitrogens with one attached hydrogen (secondary N) is 1. The molecule has 1 aliphatic heterocycles. The minimum atomic E-state index is 0.0498. The van der Waals surface area contributed by atoms with Crippen LogP contribution >= 0.6 is 11.3 Å². The number of nitrogens with zero attached hydrogens (tertiary/aromatic N) is 3. The molecule has 1 fully saturated rings. The first-order valence-electron chi connectivity index (χ1n) is 11.1. The van der Waals surface area contributed by atoms with Crippen LogP contribution in [0.5, 0.6) is 5.75 Å². The number of thiazole rings is 1. The maximum absolute atomic E-state index is 12.5. The number of amides is 2. The minimum Gasteiger partial charge on any atom is -0.497 e. The third-order valence-corrected chi connectivity index (χ3v) is 6.55. The SMILES string of the molecule is COc1ccc(-c2csc(CN3CCN(C(=O)NCCCc4ccccc4)CC3)n2)cc1. The van der Waals surface area contributed by atoms with Gasteiger partial charge in [0, 0.05) is 43.7 Å². The third-order valence-electron chi connectivity index (χ3n) is 5.72. The number of urea groups is 1. The number of carbonyl (C=O) groups is 1. The molecule has 7 heteroatoms. The number of ether oxygens (including phenoxy) is 1. The molecular formula is C25H30N4O2S. The van der Waals surface area contributed by atoms with Crippen LogP contribution in [0.2, 0.25) is 0 Å². The van der Waals surface area contributed by atoms with E-state index in [0.29, 0.717) is 6.54 Å². The van der Waals surface area contributed by atoms with Gasteiger partial charge in [0.05, 0.1) is 19.3 Å². The normalized spacial score (nSPS) is 14.3. The van der Waals surface area contributed by atoms with Crippen LogP contribution in [0.25, 0.3) is 11.3 Å². The molecule has 0 unspecified atom stereocenters. The zero-order valence-corrected chi connectivity index (χ0v) is 19.3. The van der Waals surface area contributed by atoms with Gasteiger partial charge in [-0.05, 0) is 42.7 Å². The van der Waals surface area contributed by atoms with E-state index in [1.165, 1.54) is 5.56 Å². The Bertz CT molecular complexity index is 983. The molecule has 0 bridgehead atoms. The number of aromatic nitrogens is 1. The standard InChI is InChI=1S/C25H30N4O2S/c1-31-22-11-9-21(10-12-22)23-19-32-24(27-23)18-28-14-16-29(17-15-28)25(30)26-13-5-8-20-6-3-2-4-7-20/h2-4,6-7,9-12,19H,5,8,13-18H2,1H3,(H,26,30). The van der Waals surface area contributed by atoms with Gasteiger partial charge < -0.3 is 15.0 Å². The van der Waals surface area contributed by atoms with Crippen molar-refractivity contribution < 1.29 is 9.53 Å². The van der Waals surface area contributed by atoms with E-state index in [2.05, 4.69) is 39.9 Å². The smallest absolute Gasteiger partial charge is 0.317 e. The van der Waals surface area contributed by atoms with Gasteiger partial charge in [0.1, 0.15) is 10.8 Å². The summed E-state index contributed by atoms with van der Waals surface area (Å²) in [6.07, 6.45) is 1.94. The van der Waals surface area contributed by atoms with Crippen LogP contribution in [0, 0.1) is 0 Å². The third kappa shape index (κ3) is 6.08. The summed E-state index contributed by atoms with van der Waals surface area (Å²) in [6, 6.07) is 18.4. The molecule has 1 N–H and O–H groups in total. The summed E-state index contributed by atoms with van der Waals surface area (Å²) < 4.78 is 5.22. The number of hydrogen-bond acceptors (Lipinski definition) is 5. The first-order chi connectivity index (χ1) is 15.7. The first-order valence-corrected chi connectivity index (χ1v) is 12.0. The number of hydrogen-bond donors (Lipinski definition) is 1. The van der Waals surface area contributed by atoms with Gasteiger partial charge in [-0.2, -0.15) is 0 Å². The summed E-state index contributed by atoms with van der Waals surface area (Å²) in [5.74, 6) is 0.849. The van der Waals surface area contributed by atoms with E-state index in [9.17, 15) is 4.79 Å². The van der Waals surface area contributed by atoms with Crippen molar-refractivity contribution in [3.05, 3.63) is 70.5 Å². The Kier molecular flexibility index (Phi) is 7.74. The highest BCUT2D eigenvalue weighted by Crippen LogP contribution is 2.25. The number of piperazine rings is 1. The van der Waals surface area contributed by atoms with Gasteiger partial charge in [-0.3, -0.25) is 4.90 Å². The average molecular weight is 451 g/mol. The average Bonchev–Trinajstić information content (AvgIpc) is 3.31. The lowest BCUT2D eigenvalue weighted by molar-refractivity contribution is 0.135. The van der Waals surface area contributed by atoms with E-state index in [-0.39, 0.29) is 6.03 Å². The number of benzene rings is 2. The second-order valence-corrected chi connectivity index (χ2v) is 8.88. The summed E-state index contributed by atoms with van der Waals surface area (Å²) in [5.41, 5.74) is 3.41. The summed E-state index contributed by atoms with van der Waals surface area (Å²) in [7, 11) is 1.67. The molecule has 2 heterocycles. The van der Waals surface area contributed by atoms with Crippen molar-refractivity contribution in [1.29, 1.82) is 0 Å². The highest BCUT2D eigenvalue weighted by atomic mass is 32.1. The predicted octanol–water partition coefficient (Wildman–Crippen LogP) is 4.28. The number of carbonyl (C=O) groups excluding carboxylic acids is 1. The quantitative estimate of drug-likeness (QED) is 0.521. The summed E-state index contributed by atoms with van der Waals surface area (Å²) >= 11 is 1.69. The van der Waals surface area contributed by atoms with E-state index in [0.717, 1.165) is 67.6 Å². The number of methoxy groups -OCH3 is 1. The van der Waals surface area contributed by atoms with Crippen molar-refractivity contribution in [2.24, 2.45) is 0 Å². The molecule has 4 rings (SSSR count). The first kappa shape index (κ1) is 22.3. The van der Waals surface area contributed by atoms with Gasteiger partial charge in [-0.25, -0.2) is 9.78 Å². The fourth-order valence-electron chi connectivity index (χ4n) is 3.82. The Morgan fingerprint density at radius 1 is 1.06 bits per heavy atom. The van der Waals surface area contributed by atoms with E-state index in [1.54, 1.807) is 18.4 Å². The fraction of sp³-hybridized carbons (Fsp3) is 0.360. The van der Waals surface area contributed by atoms with E-state index in [1.807, 2.05) is 35.2 Å². The number of aryl methyl sites for hydroxylation is 1. The largest absolute Gasteiger partial charge is 0.497 e. The van der Waals surface area contributed by atoms with Crippen LogP contribution in [0.3, 0.4) is 0 Å². The maximum Gasteiger partial charge on any atom is 0.317 e. The van der Waals surface area contributed by atoms with Gasteiger partial charge in [0.2, 0.25) is 0 Å². The van der Waals surface area contributed by atoms with Crippen molar-refractivity contribution in [3.8, 4) is 17.0 Å². The Hall–Kier alpha value is -2.90. The predicted molar refractivity (Wildman–Crippen MR) is 129 cm³/mol. The van der Waals surface area contributed by atoms with Crippen molar-refractivity contribution in [2.45, 2.75) is 19.4 Å². The summed E-state index contributed by atoms with van der Waals surface area (Å²) in [4.78, 5) is 21.6. The Morgan fingerprint density at radius 2 is 1.81 bits per heavy atom. The molecule has 168 valence electrons. The van der Waals surface area contributed by atoms with E-state index < -0.39 is 0 Å². The lowest BCUT2D eigenvalue weighted by atomic mass is 10.1. The number of rotatable bonds is 8. The summed E-state index contributed by atoms with van der Waals surface area (Å²) in [6.45, 7) is 4.78. The molecule has 1 saturated heterocycles. The molecule has 32 heavy (non-hydrogen) atoms. The topological polar surface area (TPSA) is 57.7 Å². The van der Waals surface area contributed by atoms with Gasteiger partial charge >= 0.3 is 6.03 Å². The van der Waals surface area contributed by atoms with E-state index >= 15 is 0 Å². The van der Waals surface area contributed by atoms with Crippen LogP contribution in [0.15, 0.2) is 60.0 Å². The van der Waals surface area contributed by atoms with Crippen LogP contribution < -0.4 is 10.1 Å². The fourth-order valence-corrected chi connectivity index (χ4v) is 4.67. The van der Waals surface area contributed by atoms with Crippen molar-refractivity contribution in [2.75, 3.05) is 39.8 Å². The molecule has 1 aliphatic rings. The molecule has 0 atom stereocenters. The zero-order chi connectivity index (χ0) is 22.2. The van der Waals surface area contributed by atoms with Crippen molar-refractivity contribution in [1.82, 2.24) is 20.1 Å². The van der Waals surface area contributed by atoms with Crippen LogP contribution in [-0.2, 0) is 13.0 Å². The van der Waals surface area contributed by atoms with E-state index in [4.69, 9.17) is 9.72 Å². The summed E-state index contributed by atoms with van der Waals surface area (Å²) in [5, 5.41) is 6.28. The van der Waals surface area contributed by atoms with Gasteiger partial charge in [-0.1, -0.05) is 30.3 Å².